The molecule has 3 aromatic carbocycles. The lowest BCUT2D eigenvalue weighted by atomic mass is 9.67. The molecule has 0 aromatic heterocycles. The summed E-state index contributed by atoms with van der Waals surface area (Å²) in [4.78, 5) is 27.9. The van der Waals surface area contributed by atoms with E-state index in [1.165, 1.54) is 0 Å². The van der Waals surface area contributed by atoms with Crippen LogP contribution in [0.2, 0.25) is 0 Å². The average molecular weight is 409 g/mol. The van der Waals surface area contributed by atoms with Crippen molar-refractivity contribution in [2.75, 3.05) is 4.90 Å². The second kappa shape index (κ2) is 6.89. The third-order valence-electron chi connectivity index (χ3n) is 7.34. The average Bonchev–Trinajstić information content (AvgIpc) is 3.47. The van der Waals surface area contributed by atoms with Crippen LogP contribution in [0.1, 0.15) is 46.3 Å². The number of fused-ring (bicyclic) bond motifs is 1. The Kier molecular flexibility index (Phi) is 4.12. The van der Waals surface area contributed by atoms with Gasteiger partial charge in [0.25, 0.3) is 0 Å². The minimum Gasteiger partial charge on any atom is -0.368 e. The van der Waals surface area contributed by atoms with Gasteiger partial charge in [0.05, 0.1) is 18.1 Å². The topological polar surface area (TPSA) is 46.6 Å². The first-order valence-corrected chi connectivity index (χ1v) is 10.9. The Morgan fingerprint density at radius 1 is 0.903 bits per heavy atom. The van der Waals surface area contributed by atoms with Crippen LogP contribution >= 0.6 is 0 Å². The molecular formula is C27H23NO3. The van der Waals surface area contributed by atoms with Gasteiger partial charge in [-0.25, -0.2) is 0 Å². The summed E-state index contributed by atoms with van der Waals surface area (Å²) in [5.41, 5.74) is 2.86. The Hall–Kier alpha value is -3.24. The lowest BCUT2D eigenvalue weighted by Gasteiger charge is -2.35. The van der Waals surface area contributed by atoms with Crippen molar-refractivity contribution in [2.24, 2.45) is 5.92 Å². The lowest BCUT2D eigenvalue weighted by molar-refractivity contribution is -0.122. The Labute approximate surface area is 181 Å². The predicted octanol–water partition coefficient (Wildman–Crippen LogP) is 4.92. The van der Waals surface area contributed by atoms with Crippen molar-refractivity contribution < 1.29 is 14.3 Å². The summed E-state index contributed by atoms with van der Waals surface area (Å²) in [5, 5.41) is 0. The van der Waals surface area contributed by atoms with Crippen LogP contribution in [0, 0.1) is 5.92 Å². The standard InChI is InChI=1S/C27H23NO3/c29-17-19-11-7-8-14-21(19)25-27-16-15-22(31-27)23(18-9-3-1-4-10-18)24(27)26(30)28(25)20-12-5-2-6-13-20/h1-14,17,22-25H,15-16H2/t22-,23+,24+,25-,27+/m0/s1. The molecule has 0 unspecified atom stereocenters. The van der Waals surface area contributed by atoms with Crippen molar-refractivity contribution >= 4 is 17.9 Å². The SMILES string of the molecule is O=Cc1ccccc1[C@@H]1N(c2ccccc2)C(=O)[C@H]2[C@H](c3ccccc3)[C@@H]3CC[C@]12O3. The molecule has 2 bridgehead atoms. The number of ether oxygens (including phenoxy) is 1. The second-order valence-electron chi connectivity index (χ2n) is 8.76. The monoisotopic (exact) mass is 409 g/mol. The Bertz CT molecular complexity index is 1150. The summed E-state index contributed by atoms with van der Waals surface area (Å²) in [6.45, 7) is 0. The zero-order valence-corrected chi connectivity index (χ0v) is 17.1. The smallest absolute Gasteiger partial charge is 0.234 e. The van der Waals surface area contributed by atoms with Gasteiger partial charge in [0.15, 0.2) is 0 Å². The molecule has 3 saturated heterocycles. The van der Waals surface area contributed by atoms with Crippen molar-refractivity contribution in [3.8, 4) is 0 Å². The highest BCUT2D eigenvalue weighted by Crippen LogP contribution is 2.65. The van der Waals surface area contributed by atoms with E-state index in [4.69, 9.17) is 4.74 Å². The highest BCUT2D eigenvalue weighted by molar-refractivity contribution is 6.01. The number of para-hydroxylation sites is 1. The molecule has 0 aliphatic carbocycles. The largest absolute Gasteiger partial charge is 0.368 e. The number of benzene rings is 3. The molecule has 3 aromatic rings. The first-order chi connectivity index (χ1) is 15.2. The van der Waals surface area contributed by atoms with Gasteiger partial charge >= 0.3 is 0 Å². The van der Waals surface area contributed by atoms with E-state index in [1.54, 1.807) is 0 Å². The first-order valence-electron chi connectivity index (χ1n) is 10.9. The first kappa shape index (κ1) is 18.5. The molecule has 0 radical (unpaired) electrons. The maximum atomic E-state index is 14.1. The molecular weight excluding hydrogens is 386 g/mol. The van der Waals surface area contributed by atoms with E-state index in [0.717, 1.165) is 35.9 Å². The van der Waals surface area contributed by atoms with Gasteiger partial charge in [-0.15, -0.1) is 0 Å². The van der Waals surface area contributed by atoms with Crippen LogP contribution < -0.4 is 4.90 Å². The summed E-state index contributed by atoms with van der Waals surface area (Å²) in [5.74, 6) is -0.145. The molecule has 1 amide bonds. The summed E-state index contributed by atoms with van der Waals surface area (Å²) in [7, 11) is 0. The fraction of sp³-hybridized carbons (Fsp3) is 0.259. The molecule has 3 fully saturated rings. The molecule has 1 spiro atoms. The highest BCUT2D eigenvalue weighted by Gasteiger charge is 2.72. The van der Waals surface area contributed by atoms with Crippen molar-refractivity contribution in [1.82, 2.24) is 0 Å². The normalized spacial score (nSPS) is 31.1. The third kappa shape index (κ3) is 2.52. The maximum Gasteiger partial charge on any atom is 0.234 e. The number of carbonyl (C=O) groups is 2. The maximum absolute atomic E-state index is 14.1. The fourth-order valence-electron chi connectivity index (χ4n) is 6.21. The minimum absolute atomic E-state index is 0.0279. The van der Waals surface area contributed by atoms with Gasteiger partial charge in [-0.2, -0.15) is 0 Å². The number of amides is 1. The summed E-state index contributed by atoms with van der Waals surface area (Å²) >= 11 is 0. The molecule has 3 aliphatic heterocycles. The molecule has 3 aliphatic rings. The number of hydrogen-bond donors (Lipinski definition) is 0. The van der Waals surface area contributed by atoms with Gasteiger partial charge in [0.1, 0.15) is 11.9 Å². The number of anilines is 1. The van der Waals surface area contributed by atoms with Crippen molar-refractivity contribution in [1.29, 1.82) is 0 Å². The Balaban J connectivity index is 1.57. The molecule has 3 heterocycles. The number of aldehydes is 1. The van der Waals surface area contributed by atoms with Crippen molar-refractivity contribution in [2.45, 2.75) is 36.5 Å². The zero-order chi connectivity index (χ0) is 21.0. The van der Waals surface area contributed by atoms with E-state index in [-0.39, 0.29) is 29.9 Å². The lowest BCUT2D eigenvalue weighted by Crippen LogP contribution is -2.39. The second-order valence-corrected chi connectivity index (χ2v) is 8.76. The molecule has 4 heteroatoms. The van der Waals surface area contributed by atoms with E-state index in [2.05, 4.69) is 12.1 Å². The van der Waals surface area contributed by atoms with Crippen LogP contribution in [0.15, 0.2) is 84.9 Å². The molecule has 0 N–H and O–H groups in total. The van der Waals surface area contributed by atoms with Gasteiger partial charge in [-0.05, 0) is 36.1 Å². The van der Waals surface area contributed by atoms with Crippen molar-refractivity contribution in [3.05, 3.63) is 102 Å². The van der Waals surface area contributed by atoms with E-state index >= 15 is 0 Å². The third-order valence-corrected chi connectivity index (χ3v) is 7.34. The van der Waals surface area contributed by atoms with E-state index < -0.39 is 5.60 Å². The molecule has 154 valence electrons. The van der Waals surface area contributed by atoms with Crippen molar-refractivity contribution in [3.63, 3.8) is 0 Å². The van der Waals surface area contributed by atoms with E-state index in [9.17, 15) is 9.59 Å². The molecule has 0 saturated carbocycles. The van der Waals surface area contributed by atoms with Crippen LogP contribution in [0.5, 0.6) is 0 Å². The Morgan fingerprint density at radius 2 is 1.58 bits per heavy atom. The van der Waals surface area contributed by atoms with Gasteiger partial charge in [-0.1, -0.05) is 72.8 Å². The summed E-state index contributed by atoms with van der Waals surface area (Å²) in [6, 6.07) is 27.3. The van der Waals surface area contributed by atoms with E-state index in [0.29, 0.717) is 5.56 Å². The van der Waals surface area contributed by atoms with Gasteiger partial charge in [-0.3, -0.25) is 9.59 Å². The van der Waals surface area contributed by atoms with Crippen LogP contribution in [-0.4, -0.2) is 23.9 Å². The Morgan fingerprint density at radius 3 is 2.32 bits per heavy atom. The van der Waals surface area contributed by atoms with Crippen LogP contribution in [0.25, 0.3) is 0 Å². The molecule has 31 heavy (non-hydrogen) atoms. The minimum atomic E-state index is -0.628. The molecule has 6 rings (SSSR count). The quantitative estimate of drug-likeness (QED) is 0.575. The fourth-order valence-corrected chi connectivity index (χ4v) is 6.21. The van der Waals surface area contributed by atoms with Gasteiger partial charge < -0.3 is 9.64 Å². The van der Waals surface area contributed by atoms with Gasteiger partial charge in [0.2, 0.25) is 5.91 Å². The number of rotatable bonds is 4. The summed E-state index contributed by atoms with van der Waals surface area (Å²) < 4.78 is 6.76. The van der Waals surface area contributed by atoms with Crippen LogP contribution in [0.4, 0.5) is 5.69 Å². The highest BCUT2D eigenvalue weighted by atomic mass is 16.5. The van der Waals surface area contributed by atoms with Crippen LogP contribution in [0.3, 0.4) is 0 Å². The summed E-state index contributed by atoms with van der Waals surface area (Å²) in [6.07, 6.45) is 2.66. The zero-order valence-electron chi connectivity index (χ0n) is 17.1. The number of nitrogens with zero attached hydrogens (tertiary/aromatic N) is 1. The molecule has 4 nitrogen and oxygen atoms in total. The molecule has 5 atom stereocenters. The van der Waals surface area contributed by atoms with E-state index in [1.807, 2.05) is 77.7 Å². The van der Waals surface area contributed by atoms with Gasteiger partial charge in [0, 0.05) is 17.2 Å². The number of hydrogen-bond acceptors (Lipinski definition) is 3. The predicted molar refractivity (Wildman–Crippen MR) is 118 cm³/mol. The number of carbonyl (C=O) groups excluding carboxylic acids is 2. The van der Waals surface area contributed by atoms with Crippen LogP contribution in [-0.2, 0) is 9.53 Å².